The second-order valence-electron chi connectivity index (χ2n) is 5.17. The lowest BCUT2D eigenvalue weighted by molar-refractivity contribution is -0.144. The molecule has 0 saturated carbocycles. The molecule has 0 radical (unpaired) electrons. The van der Waals surface area contributed by atoms with Crippen molar-refractivity contribution in [2.75, 3.05) is 11.9 Å². The van der Waals surface area contributed by atoms with Crippen LogP contribution in [0.4, 0.5) is 5.82 Å². The molecule has 3 rings (SSSR count). The van der Waals surface area contributed by atoms with E-state index in [2.05, 4.69) is 15.8 Å². The SMILES string of the molecule is CCOC(=O)Cn1nc(C)c2c1NC(=O)C[C@@H]2c1ccsc1. The molecule has 0 spiro atoms. The standard InChI is InChI=1S/C15H17N3O3S/c1-3-21-13(20)7-18-15-14(9(2)17-18)11(6-12(19)16-15)10-4-5-22-8-10/h4-5,8,11H,3,6-7H2,1-2H3,(H,16,19)/t11-/m1/s1. The molecule has 6 nitrogen and oxygen atoms in total. The number of carbonyl (C=O) groups is 2. The Balaban J connectivity index is 1.99. The summed E-state index contributed by atoms with van der Waals surface area (Å²) in [4.78, 5) is 23.7. The van der Waals surface area contributed by atoms with Crippen LogP contribution in [0.15, 0.2) is 16.8 Å². The summed E-state index contributed by atoms with van der Waals surface area (Å²) in [5, 5.41) is 11.3. The molecule has 7 heteroatoms. The fourth-order valence-electron chi connectivity index (χ4n) is 2.82. The number of hydrogen-bond donors (Lipinski definition) is 1. The summed E-state index contributed by atoms with van der Waals surface area (Å²) >= 11 is 1.61. The number of aromatic nitrogens is 2. The summed E-state index contributed by atoms with van der Waals surface area (Å²) < 4.78 is 6.49. The molecule has 1 aliphatic rings. The molecule has 1 amide bonds. The van der Waals surface area contributed by atoms with Gasteiger partial charge in [0.25, 0.3) is 0 Å². The first-order valence-corrected chi connectivity index (χ1v) is 8.09. The molecule has 22 heavy (non-hydrogen) atoms. The Labute approximate surface area is 132 Å². The van der Waals surface area contributed by atoms with Crippen LogP contribution in [0.25, 0.3) is 0 Å². The highest BCUT2D eigenvalue weighted by Crippen LogP contribution is 2.39. The normalized spacial score (nSPS) is 17.0. The monoisotopic (exact) mass is 319 g/mol. The van der Waals surface area contributed by atoms with Gasteiger partial charge in [0, 0.05) is 17.9 Å². The summed E-state index contributed by atoms with van der Waals surface area (Å²) in [7, 11) is 0. The molecular formula is C15H17N3O3S. The summed E-state index contributed by atoms with van der Waals surface area (Å²) in [5.41, 5.74) is 2.93. The maximum Gasteiger partial charge on any atom is 0.327 e. The van der Waals surface area contributed by atoms with Crippen molar-refractivity contribution in [2.24, 2.45) is 0 Å². The highest BCUT2D eigenvalue weighted by atomic mass is 32.1. The van der Waals surface area contributed by atoms with Gasteiger partial charge in [0.15, 0.2) is 0 Å². The predicted molar refractivity (Wildman–Crippen MR) is 83.0 cm³/mol. The van der Waals surface area contributed by atoms with Gasteiger partial charge in [0.05, 0.1) is 12.3 Å². The lowest BCUT2D eigenvalue weighted by atomic mass is 9.87. The molecule has 1 aliphatic heterocycles. The summed E-state index contributed by atoms with van der Waals surface area (Å²) in [5.74, 6) is 0.178. The van der Waals surface area contributed by atoms with Gasteiger partial charge in [-0.1, -0.05) is 0 Å². The Morgan fingerprint density at radius 2 is 2.41 bits per heavy atom. The van der Waals surface area contributed by atoms with Crippen LogP contribution < -0.4 is 5.32 Å². The first-order chi connectivity index (χ1) is 10.6. The van der Waals surface area contributed by atoms with Gasteiger partial charge in [-0.15, -0.1) is 0 Å². The molecule has 3 heterocycles. The van der Waals surface area contributed by atoms with Crippen LogP contribution in [-0.2, 0) is 20.9 Å². The van der Waals surface area contributed by atoms with Crippen molar-refractivity contribution < 1.29 is 14.3 Å². The highest BCUT2D eigenvalue weighted by molar-refractivity contribution is 7.08. The van der Waals surface area contributed by atoms with Crippen molar-refractivity contribution in [2.45, 2.75) is 32.7 Å². The maximum atomic E-state index is 12.0. The summed E-state index contributed by atoms with van der Waals surface area (Å²) in [6.07, 6.45) is 0.398. The van der Waals surface area contributed by atoms with Gasteiger partial charge in [0.2, 0.25) is 5.91 Å². The fraction of sp³-hybridized carbons (Fsp3) is 0.400. The zero-order chi connectivity index (χ0) is 15.7. The zero-order valence-corrected chi connectivity index (χ0v) is 13.3. The Morgan fingerprint density at radius 1 is 1.59 bits per heavy atom. The van der Waals surface area contributed by atoms with Gasteiger partial charge in [-0.25, -0.2) is 4.68 Å². The summed E-state index contributed by atoms with van der Waals surface area (Å²) in [6.45, 7) is 3.99. The van der Waals surface area contributed by atoms with Gasteiger partial charge >= 0.3 is 5.97 Å². The minimum atomic E-state index is -0.361. The molecule has 2 aromatic rings. The number of thiophene rings is 1. The topological polar surface area (TPSA) is 73.2 Å². The minimum absolute atomic E-state index is 0.000645. The third kappa shape index (κ3) is 2.64. The third-order valence-electron chi connectivity index (χ3n) is 3.70. The Hall–Kier alpha value is -2.15. The molecule has 0 aliphatic carbocycles. The number of anilines is 1. The van der Waals surface area contributed by atoms with Crippen molar-refractivity contribution in [1.29, 1.82) is 0 Å². The molecule has 0 bridgehead atoms. The van der Waals surface area contributed by atoms with Crippen LogP contribution in [0.3, 0.4) is 0 Å². The molecule has 0 unspecified atom stereocenters. The first kappa shape index (κ1) is 14.8. The van der Waals surface area contributed by atoms with E-state index >= 15 is 0 Å². The van der Waals surface area contributed by atoms with E-state index in [0.717, 1.165) is 16.8 Å². The molecule has 1 N–H and O–H groups in total. The van der Waals surface area contributed by atoms with E-state index < -0.39 is 0 Å². The smallest absolute Gasteiger partial charge is 0.327 e. The number of ether oxygens (including phenoxy) is 1. The van der Waals surface area contributed by atoms with Crippen LogP contribution in [0.2, 0.25) is 0 Å². The lowest BCUT2D eigenvalue weighted by Gasteiger charge is -2.23. The van der Waals surface area contributed by atoms with Crippen molar-refractivity contribution in [3.8, 4) is 0 Å². The van der Waals surface area contributed by atoms with Gasteiger partial charge in [0.1, 0.15) is 12.4 Å². The van der Waals surface area contributed by atoms with Crippen molar-refractivity contribution in [3.63, 3.8) is 0 Å². The van der Waals surface area contributed by atoms with Gasteiger partial charge in [-0.05, 0) is 36.2 Å². The third-order valence-corrected chi connectivity index (χ3v) is 4.40. The quantitative estimate of drug-likeness (QED) is 0.878. The fourth-order valence-corrected chi connectivity index (χ4v) is 3.53. The maximum absolute atomic E-state index is 12.0. The van der Waals surface area contributed by atoms with Crippen molar-refractivity contribution in [3.05, 3.63) is 33.6 Å². The minimum Gasteiger partial charge on any atom is -0.465 e. The Kier molecular flexibility index (Phi) is 3.98. The number of aryl methyl sites for hydroxylation is 1. The lowest BCUT2D eigenvalue weighted by Crippen LogP contribution is -2.26. The second kappa shape index (κ2) is 5.92. The molecule has 1 atom stereocenters. The van der Waals surface area contributed by atoms with Crippen LogP contribution in [0.1, 0.15) is 36.1 Å². The highest BCUT2D eigenvalue weighted by Gasteiger charge is 2.32. The van der Waals surface area contributed by atoms with E-state index in [1.54, 1.807) is 18.3 Å². The van der Waals surface area contributed by atoms with Crippen LogP contribution >= 0.6 is 11.3 Å². The number of amides is 1. The molecule has 2 aromatic heterocycles. The number of fused-ring (bicyclic) bond motifs is 1. The van der Waals surface area contributed by atoms with Gasteiger partial charge in [-0.2, -0.15) is 16.4 Å². The second-order valence-corrected chi connectivity index (χ2v) is 5.95. The van der Waals surface area contributed by atoms with E-state index in [0.29, 0.717) is 18.8 Å². The Bertz CT molecular complexity index is 706. The van der Waals surface area contributed by atoms with Crippen LogP contribution in [-0.4, -0.2) is 28.3 Å². The molecule has 0 saturated heterocycles. The number of hydrogen-bond acceptors (Lipinski definition) is 5. The van der Waals surface area contributed by atoms with E-state index in [4.69, 9.17) is 4.74 Å². The number of rotatable bonds is 4. The largest absolute Gasteiger partial charge is 0.465 e. The number of nitrogens with one attached hydrogen (secondary N) is 1. The molecular weight excluding hydrogens is 302 g/mol. The van der Waals surface area contributed by atoms with Gasteiger partial charge in [-0.3, -0.25) is 9.59 Å². The molecule has 116 valence electrons. The van der Waals surface area contributed by atoms with Crippen molar-refractivity contribution >= 4 is 29.0 Å². The van der Waals surface area contributed by atoms with Gasteiger partial charge < -0.3 is 10.1 Å². The molecule has 0 fully saturated rings. The van der Waals surface area contributed by atoms with Crippen LogP contribution in [0.5, 0.6) is 0 Å². The van der Waals surface area contributed by atoms with Crippen molar-refractivity contribution in [1.82, 2.24) is 9.78 Å². The van der Waals surface area contributed by atoms with E-state index in [9.17, 15) is 9.59 Å². The number of nitrogens with zero attached hydrogens (tertiary/aromatic N) is 2. The average molecular weight is 319 g/mol. The number of esters is 1. The van der Waals surface area contributed by atoms with Crippen LogP contribution in [0, 0.1) is 6.92 Å². The van der Waals surface area contributed by atoms with E-state index in [1.807, 2.05) is 18.4 Å². The number of carbonyl (C=O) groups excluding carboxylic acids is 2. The molecule has 0 aromatic carbocycles. The van der Waals surface area contributed by atoms with E-state index in [1.165, 1.54) is 4.68 Å². The summed E-state index contributed by atoms with van der Waals surface area (Å²) in [6, 6.07) is 2.03. The van der Waals surface area contributed by atoms with E-state index in [-0.39, 0.29) is 24.3 Å². The first-order valence-electron chi connectivity index (χ1n) is 7.15. The predicted octanol–water partition coefficient (Wildman–Crippen LogP) is 2.29. The Morgan fingerprint density at radius 3 is 3.09 bits per heavy atom. The zero-order valence-electron chi connectivity index (χ0n) is 12.5. The average Bonchev–Trinajstić information content (AvgIpc) is 3.08.